The second kappa shape index (κ2) is 13.9. The molecule has 8 nitrogen and oxygen atoms in total. The predicted octanol–water partition coefficient (Wildman–Crippen LogP) is 5.47. The highest BCUT2D eigenvalue weighted by atomic mass is 32.1. The van der Waals surface area contributed by atoms with Gasteiger partial charge in [-0.2, -0.15) is 0 Å². The van der Waals surface area contributed by atoms with Crippen LogP contribution in [0, 0.1) is 10.8 Å². The van der Waals surface area contributed by atoms with E-state index >= 15 is 0 Å². The molecule has 0 saturated carbocycles. The largest absolute Gasteiger partial charge is 0.327 e. The molecular formula is C28H46N4O4S2. The minimum Gasteiger partial charge on any atom is -0.315 e. The molecule has 2 aliphatic rings. The number of hydrogen-bond donors (Lipinski definition) is 0. The molecule has 10 heteroatoms. The highest BCUT2D eigenvalue weighted by Gasteiger charge is 2.36. The molecule has 2 heterocycles. The van der Waals surface area contributed by atoms with E-state index in [-0.39, 0.29) is 47.8 Å². The van der Waals surface area contributed by atoms with Crippen LogP contribution < -0.4 is 0 Å². The third-order valence-corrected chi connectivity index (χ3v) is 8.71. The quantitative estimate of drug-likeness (QED) is 0.172. The summed E-state index contributed by atoms with van der Waals surface area (Å²) in [5, 5.41) is 0. The van der Waals surface area contributed by atoms with E-state index in [0.29, 0.717) is 26.2 Å². The molecular weight excluding hydrogens is 520 g/mol. The van der Waals surface area contributed by atoms with Gasteiger partial charge >= 0.3 is 12.1 Å². The van der Waals surface area contributed by atoms with Gasteiger partial charge in [0.25, 0.3) is 0 Å². The fourth-order valence-corrected chi connectivity index (χ4v) is 5.09. The summed E-state index contributed by atoms with van der Waals surface area (Å²) < 4.78 is 0. The zero-order valence-electron chi connectivity index (χ0n) is 24.1. The van der Waals surface area contributed by atoms with Gasteiger partial charge in [0.15, 0.2) is 0 Å². The van der Waals surface area contributed by atoms with Crippen molar-refractivity contribution in [1.82, 2.24) is 19.6 Å². The Kier molecular flexibility index (Phi) is 11.8. The maximum absolute atomic E-state index is 12.3. The van der Waals surface area contributed by atoms with E-state index in [1.165, 1.54) is 9.80 Å². The first-order valence-corrected chi connectivity index (χ1v) is 14.7. The van der Waals surface area contributed by atoms with Crippen LogP contribution in [-0.2, 0) is 9.59 Å². The number of nitrogens with zero attached hydrogens (tertiary/aromatic N) is 4. The maximum atomic E-state index is 12.3. The molecule has 0 unspecified atom stereocenters. The highest BCUT2D eigenvalue weighted by Crippen LogP contribution is 2.30. The molecule has 0 bridgehead atoms. The molecule has 0 radical (unpaired) electrons. The van der Waals surface area contributed by atoms with Crippen molar-refractivity contribution >= 4 is 58.0 Å². The van der Waals surface area contributed by atoms with Crippen LogP contribution in [0.25, 0.3) is 0 Å². The second-order valence-electron chi connectivity index (χ2n) is 12.1. The fraction of sp³-hybridized carbons (Fsp3) is 0.786. The number of carbonyl (C=O) groups is 4. The Morgan fingerprint density at radius 1 is 0.632 bits per heavy atom. The van der Waals surface area contributed by atoms with E-state index in [1.54, 1.807) is 9.80 Å². The lowest BCUT2D eigenvalue weighted by atomic mass is 9.82. The van der Waals surface area contributed by atoms with Crippen molar-refractivity contribution in [2.75, 3.05) is 39.3 Å². The zero-order chi connectivity index (χ0) is 28.7. The Balaban J connectivity index is 1.66. The first-order chi connectivity index (χ1) is 17.7. The van der Waals surface area contributed by atoms with E-state index in [1.807, 2.05) is 13.8 Å². The SMILES string of the molecule is CCN1CC(=O)N(CCC(C)(C)CCC(=S)CCC(=S)CCC(C)(C)CCN2C(=O)CN(CC)C2=O)C1=O. The number of hydrogen-bond acceptors (Lipinski definition) is 6. The number of rotatable bonds is 17. The Hall–Kier alpha value is -1.94. The molecule has 0 aromatic heterocycles. The van der Waals surface area contributed by atoms with Gasteiger partial charge < -0.3 is 9.80 Å². The van der Waals surface area contributed by atoms with Gasteiger partial charge in [-0.15, -0.1) is 0 Å². The number of likely N-dealkylation sites (N-methyl/N-ethyl adjacent to an activating group) is 2. The van der Waals surface area contributed by atoms with Crippen molar-refractivity contribution in [3.8, 4) is 0 Å². The molecule has 0 aromatic carbocycles. The van der Waals surface area contributed by atoms with Gasteiger partial charge in [-0.25, -0.2) is 9.59 Å². The summed E-state index contributed by atoms with van der Waals surface area (Å²) in [4.78, 5) is 56.8. The topological polar surface area (TPSA) is 81.2 Å². The van der Waals surface area contributed by atoms with Gasteiger partial charge in [0, 0.05) is 26.2 Å². The molecule has 6 amide bonds. The van der Waals surface area contributed by atoms with Crippen LogP contribution in [0.5, 0.6) is 0 Å². The van der Waals surface area contributed by atoms with Crippen LogP contribution >= 0.6 is 24.4 Å². The normalized spacial score (nSPS) is 16.9. The summed E-state index contributed by atoms with van der Waals surface area (Å²) in [6, 6.07) is -0.358. The van der Waals surface area contributed by atoms with Gasteiger partial charge in [-0.3, -0.25) is 19.4 Å². The number of thiocarbonyl (C=S) groups is 2. The molecule has 0 N–H and O–H groups in total. The number of amides is 6. The van der Waals surface area contributed by atoms with E-state index in [0.717, 1.165) is 61.1 Å². The smallest absolute Gasteiger partial charge is 0.315 e. The van der Waals surface area contributed by atoms with Crippen molar-refractivity contribution in [2.24, 2.45) is 10.8 Å². The van der Waals surface area contributed by atoms with Crippen molar-refractivity contribution < 1.29 is 19.2 Å². The molecule has 2 fully saturated rings. The Morgan fingerprint density at radius 2 is 0.974 bits per heavy atom. The third-order valence-electron chi connectivity index (χ3n) is 7.89. The van der Waals surface area contributed by atoms with Crippen LogP contribution in [0.15, 0.2) is 0 Å². The van der Waals surface area contributed by atoms with Crippen LogP contribution in [0.2, 0.25) is 0 Å². The molecule has 2 saturated heterocycles. The standard InChI is InChI=1S/C28H46N4O4S2/c1-7-29-19-23(33)31(25(29)35)17-15-27(3,4)13-11-21(37)9-10-22(38)12-14-28(5,6)16-18-32-24(34)20-30(8-2)26(32)36/h7-20H2,1-6H3. The van der Waals surface area contributed by atoms with Gasteiger partial charge in [0.2, 0.25) is 11.8 Å². The average Bonchev–Trinajstić information content (AvgIpc) is 3.30. The number of carbonyl (C=O) groups excluding carboxylic acids is 4. The molecule has 0 spiro atoms. The monoisotopic (exact) mass is 566 g/mol. The van der Waals surface area contributed by atoms with Crippen LogP contribution in [0.3, 0.4) is 0 Å². The van der Waals surface area contributed by atoms with Crippen molar-refractivity contribution in [2.45, 2.75) is 92.9 Å². The second-order valence-corrected chi connectivity index (χ2v) is 13.2. The van der Waals surface area contributed by atoms with Crippen molar-refractivity contribution in [3.05, 3.63) is 0 Å². The molecule has 0 aromatic rings. The first-order valence-electron chi connectivity index (χ1n) is 13.9. The number of urea groups is 2. The summed E-state index contributed by atoms with van der Waals surface area (Å²) in [5.41, 5.74) is -0.0535. The van der Waals surface area contributed by atoms with Crippen LogP contribution in [-0.4, -0.2) is 92.5 Å². The summed E-state index contributed by atoms with van der Waals surface area (Å²) >= 11 is 11.3. The molecule has 0 atom stereocenters. The summed E-state index contributed by atoms with van der Waals surface area (Å²) in [6.45, 7) is 14.8. The van der Waals surface area contributed by atoms with Gasteiger partial charge in [0.1, 0.15) is 13.1 Å². The van der Waals surface area contributed by atoms with Crippen molar-refractivity contribution in [3.63, 3.8) is 0 Å². The fourth-order valence-electron chi connectivity index (χ4n) is 4.69. The summed E-state index contributed by atoms with van der Waals surface area (Å²) in [5.74, 6) is -0.220. The van der Waals surface area contributed by atoms with Crippen molar-refractivity contribution in [1.29, 1.82) is 0 Å². The van der Waals surface area contributed by atoms with Gasteiger partial charge in [0.05, 0.1) is 0 Å². The highest BCUT2D eigenvalue weighted by molar-refractivity contribution is 7.80. The summed E-state index contributed by atoms with van der Waals surface area (Å²) in [6.07, 6.45) is 6.56. The van der Waals surface area contributed by atoms with Crippen LogP contribution in [0.1, 0.15) is 92.9 Å². The predicted molar refractivity (Wildman–Crippen MR) is 158 cm³/mol. The van der Waals surface area contributed by atoms with E-state index in [4.69, 9.17) is 24.4 Å². The molecule has 2 rings (SSSR count). The van der Waals surface area contributed by atoms with Gasteiger partial charge in [-0.1, -0.05) is 52.1 Å². The lowest BCUT2D eigenvalue weighted by Crippen LogP contribution is -2.35. The Bertz CT molecular complexity index is 860. The Labute approximate surface area is 239 Å². The minimum atomic E-state index is -0.179. The molecule has 0 aliphatic carbocycles. The third kappa shape index (κ3) is 9.36. The lowest BCUT2D eigenvalue weighted by Gasteiger charge is -2.27. The van der Waals surface area contributed by atoms with E-state index in [9.17, 15) is 19.2 Å². The molecule has 2 aliphatic heterocycles. The van der Waals surface area contributed by atoms with Gasteiger partial charge in [-0.05, 0) is 85.8 Å². The van der Waals surface area contributed by atoms with Crippen LogP contribution in [0.4, 0.5) is 9.59 Å². The average molecular weight is 567 g/mol. The maximum Gasteiger partial charge on any atom is 0.327 e. The molecule has 38 heavy (non-hydrogen) atoms. The lowest BCUT2D eigenvalue weighted by molar-refractivity contribution is -0.126. The molecule has 214 valence electrons. The number of imide groups is 2. The summed E-state index contributed by atoms with van der Waals surface area (Å²) in [7, 11) is 0. The zero-order valence-corrected chi connectivity index (χ0v) is 25.8. The Morgan fingerprint density at radius 3 is 1.26 bits per heavy atom. The van der Waals surface area contributed by atoms with E-state index < -0.39 is 0 Å². The minimum absolute atomic E-state index is 0.0267. The first kappa shape index (κ1) is 32.3. The van der Waals surface area contributed by atoms with E-state index in [2.05, 4.69) is 27.7 Å².